The molecule has 2 nitrogen and oxygen atoms in total. The second kappa shape index (κ2) is 5.72. The molecule has 17 heavy (non-hydrogen) atoms. The fourth-order valence-electron chi connectivity index (χ4n) is 1.04. The van der Waals surface area contributed by atoms with Crippen molar-refractivity contribution in [2.24, 2.45) is 0 Å². The predicted molar refractivity (Wildman–Crippen MR) is 47.2 cm³/mol. The van der Waals surface area contributed by atoms with Crippen LogP contribution in [0.3, 0.4) is 0 Å². The summed E-state index contributed by atoms with van der Waals surface area (Å²) in [5.74, 6) is 0. The molecule has 0 rings (SSSR count). The fourth-order valence-corrected chi connectivity index (χ4v) is 1.04. The highest BCUT2D eigenvalue weighted by molar-refractivity contribution is 5.00. The van der Waals surface area contributed by atoms with Crippen molar-refractivity contribution < 1.29 is 35.8 Å². The molecule has 0 bridgehead atoms. The zero-order valence-electron chi connectivity index (χ0n) is 8.99. The molecule has 0 heterocycles. The van der Waals surface area contributed by atoms with Crippen molar-refractivity contribution in [1.29, 1.82) is 0 Å². The minimum atomic E-state index is -5.60. The largest absolute Gasteiger partial charge is 0.426 e. The summed E-state index contributed by atoms with van der Waals surface area (Å²) in [6.07, 6.45) is -12.1. The van der Waals surface area contributed by atoms with Gasteiger partial charge in [-0.3, -0.25) is 0 Å². The van der Waals surface area contributed by atoms with Crippen LogP contribution in [0.4, 0.5) is 26.3 Å². The molecule has 0 amide bonds. The van der Waals surface area contributed by atoms with Gasteiger partial charge in [-0.15, -0.1) is 6.58 Å². The van der Waals surface area contributed by atoms with E-state index in [1.807, 2.05) is 0 Å². The van der Waals surface area contributed by atoms with Gasteiger partial charge >= 0.3 is 12.4 Å². The lowest BCUT2D eigenvalue weighted by atomic mass is 9.98. The Bertz CT molecular complexity index is 231. The highest BCUT2D eigenvalue weighted by atomic mass is 19.4. The lowest BCUT2D eigenvalue weighted by molar-refractivity contribution is -0.391. The number of ether oxygens (including phenoxy) is 2. The third-order valence-electron chi connectivity index (χ3n) is 1.94. The molecule has 0 spiro atoms. The van der Waals surface area contributed by atoms with Crippen LogP contribution in [0.25, 0.3) is 0 Å². The van der Waals surface area contributed by atoms with Gasteiger partial charge in [0.1, 0.15) is 6.79 Å². The third kappa shape index (κ3) is 3.60. The van der Waals surface area contributed by atoms with E-state index in [4.69, 9.17) is 0 Å². The van der Waals surface area contributed by atoms with Crippen molar-refractivity contribution in [2.45, 2.75) is 31.3 Å². The van der Waals surface area contributed by atoms with Gasteiger partial charge < -0.3 is 9.47 Å². The van der Waals surface area contributed by atoms with Gasteiger partial charge in [-0.05, 0) is 6.92 Å². The molecule has 0 aliphatic carbocycles. The summed E-state index contributed by atoms with van der Waals surface area (Å²) in [5.41, 5.74) is -4.27. The van der Waals surface area contributed by atoms with E-state index in [1.165, 1.54) is 6.92 Å². The predicted octanol–water partition coefficient (Wildman–Crippen LogP) is 3.44. The van der Waals surface area contributed by atoms with Crippen molar-refractivity contribution in [1.82, 2.24) is 0 Å². The van der Waals surface area contributed by atoms with Gasteiger partial charge in [0, 0.05) is 13.0 Å². The molecule has 0 saturated carbocycles. The molecular formula is C9H12F6O2. The second-order valence-corrected chi connectivity index (χ2v) is 3.07. The van der Waals surface area contributed by atoms with E-state index in [0.29, 0.717) is 6.08 Å². The van der Waals surface area contributed by atoms with Crippen molar-refractivity contribution in [3.8, 4) is 0 Å². The SMILES string of the molecule is C=CCC(OCOCC)(C(F)(F)F)C(F)(F)F. The number of rotatable bonds is 6. The molecule has 0 aliphatic heterocycles. The van der Waals surface area contributed by atoms with Gasteiger partial charge in [0.25, 0.3) is 5.60 Å². The van der Waals surface area contributed by atoms with E-state index >= 15 is 0 Å². The topological polar surface area (TPSA) is 18.5 Å². The summed E-state index contributed by atoms with van der Waals surface area (Å²) >= 11 is 0. The minimum Gasteiger partial charge on any atom is -0.356 e. The fraction of sp³-hybridized carbons (Fsp3) is 0.778. The molecular weight excluding hydrogens is 254 g/mol. The molecule has 8 heteroatoms. The molecule has 0 aromatic carbocycles. The van der Waals surface area contributed by atoms with Crippen LogP contribution in [-0.2, 0) is 9.47 Å². The Kier molecular flexibility index (Phi) is 5.47. The van der Waals surface area contributed by atoms with Crippen LogP contribution < -0.4 is 0 Å². The summed E-state index contributed by atoms with van der Waals surface area (Å²) < 4.78 is 83.5. The molecule has 0 fully saturated rings. The Balaban J connectivity index is 5.19. The maximum absolute atomic E-state index is 12.5. The number of alkyl halides is 6. The Morgan fingerprint density at radius 1 is 1.06 bits per heavy atom. The van der Waals surface area contributed by atoms with Gasteiger partial charge in [0.15, 0.2) is 0 Å². The van der Waals surface area contributed by atoms with E-state index < -0.39 is 31.2 Å². The van der Waals surface area contributed by atoms with Crippen LogP contribution >= 0.6 is 0 Å². The van der Waals surface area contributed by atoms with Crippen LogP contribution in [0.5, 0.6) is 0 Å². The first-order valence-electron chi connectivity index (χ1n) is 4.58. The van der Waals surface area contributed by atoms with Crippen molar-refractivity contribution >= 4 is 0 Å². The molecule has 0 atom stereocenters. The lowest BCUT2D eigenvalue weighted by Crippen LogP contribution is -2.58. The number of hydrogen-bond acceptors (Lipinski definition) is 2. The van der Waals surface area contributed by atoms with Gasteiger partial charge in [-0.1, -0.05) is 6.08 Å². The van der Waals surface area contributed by atoms with E-state index in [1.54, 1.807) is 0 Å². The zero-order valence-corrected chi connectivity index (χ0v) is 8.99. The maximum Gasteiger partial charge on any atom is 0.426 e. The summed E-state index contributed by atoms with van der Waals surface area (Å²) in [5, 5.41) is 0. The van der Waals surface area contributed by atoms with Gasteiger partial charge in [0.05, 0.1) is 0 Å². The van der Waals surface area contributed by atoms with Crippen LogP contribution in [0.1, 0.15) is 13.3 Å². The second-order valence-electron chi connectivity index (χ2n) is 3.07. The smallest absolute Gasteiger partial charge is 0.356 e. The van der Waals surface area contributed by atoms with Crippen molar-refractivity contribution in [3.63, 3.8) is 0 Å². The molecule has 0 aromatic heterocycles. The third-order valence-corrected chi connectivity index (χ3v) is 1.94. The van der Waals surface area contributed by atoms with Gasteiger partial charge in [-0.25, -0.2) is 0 Å². The Morgan fingerprint density at radius 3 is 1.82 bits per heavy atom. The summed E-state index contributed by atoms with van der Waals surface area (Å²) in [4.78, 5) is 0. The molecule has 102 valence electrons. The van der Waals surface area contributed by atoms with Crippen molar-refractivity contribution in [2.75, 3.05) is 13.4 Å². The van der Waals surface area contributed by atoms with Crippen LogP contribution in [-0.4, -0.2) is 31.4 Å². The highest BCUT2D eigenvalue weighted by Crippen LogP contribution is 2.48. The van der Waals surface area contributed by atoms with E-state index in [0.717, 1.165) is 0 Å². The Labute approximate surface area is 94.2 Å². The monoisotopic (exact) mass is 266 g/mol. The maximum atomic E-state index is 12.5. The first-order valence-corrected chi connectivity index (χ1v) is 4.58. The molecule has 0 unspecified atom stereocenters. The van der Waals surface area contributed by atoms with Gasteiger partial charge in [0.2, 0.25) is 0 Å². The molecule has 0 aromatic rings. The average molecular weight is 266 g/mol. The van der Waals surface area contributed by atoms with Gasteiger partial charge in [-0.2, -0.15) is 26.3 Å². The van der Waals surface area contributed by atoms with Crippen LogP contribution in [0.2, 0.25) is 0 Å². The highest BCUT2D eigenvalue weighted by Gasteiger charge is 2.71. The summed E-state index contributed by atoms with van der Waals surface area (Å²) in [6.45, 7) is 3.15. The van der Waals surface area contributed by atoms with E-state index in [9.17, 15) is 26.3 Å². The normalized spacial score (nSPS) is 13.8. The number of hydrogen-bond donors (Lipinski definition) is 0. The zero-order chi connectivity index (χ0) is 13.7. The molecule has 0 aliphatic rings. The van der Waals surface area contributed by atoms with Crippen LogP contribution in [0, 0.1) is 0 Å². The summed E-state index contributed by atoms with van der Waals surface area (Å²) in [7, 11) is 0. The van der Waals surface area contributed by atoms with E-state index in [2.05, 4.69) is 16.1 Å². The molecule has 0 saturated heterocycles. The first-order chi connectivity index (χ1) is 7.62. The average Bonchev–Trinajstić information content (AvgIpc) is 2.13. The first kappa shape index (κ1) is 16.2. The van der Waals surface area contributed by atoms with E-state index in [-0.39, 0.29) is 6.61 Å². The standard InChI is InChI=1S/C9H12F6O2/c1-3-5-7(8(10,11)12,9(13,14)15)17-6-16-4-2/h3H,1,4-6H2,2H3. The summed E-state index contributed by atoms with van der Waals surface area (Å²) in [6, 6.07) is 0. The quantitative estimate of drug-likeness (QED) is 0.317. The lowest BCUT2D eigenvalue weighted by Gasteiger charge is -2.36. The molecule has 0 radical (unpaired) electrons. The van der Waals surface area contributed by atoms with Crippen LogP contribution in [0.15, 0.2) is 12.7 Å². The Hall–Kier alpha value is -0.760. The minimum absolute atomic E-state index is 0.0557. The number of halogens is 6. The Morgan fingerprint density at radius 2 is 1.53 bits per heavy atom. The molecule has 0 N–H and O–H groups in total. The van der Waals surface area contributed by atoms with Crippen molar-refractivity contribution in [3.05, 3.63) is 12.7 Å².